The molecule has 0 spiro atoms. The fourth-order valence-electron chi connectivity index (χ4n) is 3.18. The van der Waals surface area contributed by atoms with Crippen molar-refractivity contribution in [1.29, 1.82) is 0 Å². The molecule has 0 saturated heterocycles. The topological polar surface area (TPSA) is 50.4 Å². The first-order valence-corrected chi connectivity index (χ1v) is 9.00. The first kappa shape index (κ1) is 16.5. The highest BCUT2D eigenvalue weighted by Crippen LogP contribution is 2.32. The van der Waals surface area contributed by atoms with Crippen LogP contribution in [-0.4, -0.2) is 32.1 Å². The van der Waals surface area contributed by atoms with Crippen LogP contribution in [0.5, 0.6) is 0 Å². The zero-order valence-corrected chi connectivity index (χ0v) is 13.9. The third-order valence-electron chi connectivity index (χ3n) is 4.69. The molecule has 126 valence electrons. The standard InChI is InChI=1S/C19H28N2O2/c22-19(14-20-13-15-9-10-15)21-11-4-12-23-18-8-3-6-16-5-1-2-7-17(16)18/h1-2,5,7,15,18,20H,3-4,6,8-14H2,(H,21,22). The van der Waals surface area contributed by atoms with Crippen molar-refractivity contribution in [3.05, 3.63) is 35.4 Å². The van der Waals surface area contributed by atoms with Gasteiger partial charge in [-0.3, -0.25) is 4.79 Å². The third kappa shape index (κ3) is 5.33. The van der Waals surface area contributed by atoms with Gasteiger partial charge in [-0.1, -0.05) is 24.3 Å². The van der Waals surface area contributed by atoms with Crippen molar-refractivity contribution in [2.75, 3.05) is 26.2 Å². The van der Waals surface area contributed by atoms with E-state index in [4.69, 9.17) is 4.74 Å². The van der Waals surface area contributed by atoms with Crippen molar-refractivity contribution >= 4 is 5.91 Å². The van der Waals surface area contributed by atoms with E-state index in [0.717, 1.165) is 25.3 Å². The molecule has 0 heterocycles. The maximum absolute atomic E-state index is 11.7. The summed E-state index contributed by atoms with van der Waals surface area (Å²) in [4.78, 5) is 11.7. The molecular formula is C19H28N2O2. The van der Waals surface area contributed by atoms with E-state index in [0.29, 0.717) is 19.7 Å². The van der Waals surface area contributed by atoms with Gasteiger partial charge in [0.2, 0.25) is 5.91 Å². The molecule has 0 radical (unpaired) electrons. The lowest BCUT2D eigenvalue weighted by Crippen LogP contribution is -2.35. The summed E-state index contributed by atoms with van der Waals surface area (Å²) in [5, 5.41) is 6.16. The van der Waals surface area contributed by atoms with Crippen LogP contribution in [0.3, 0.4) is 0 Å². The molecule has 4 heteroatoms. The van der Waals surface area contributed by atoms with Gasteiger partial charge in [0, 0.05) is 13.2 Å². The molecule has 0 bridgehead atoms. The number of aryl methyl sites for hydroxylation is 1. The molecule has 3 rings (SSSR count). The summed E-state index contributed by atoms with van der Waals surface area (Å²) in [6, 6.07) is 8.59. The zero-order chi connectivity index (χ0) is 15.9. The van der Waals surface area contributed by atoms with Gasteiger partial charge < -0.3 is 15.4 Å². The molecule has 2 aliphatic rings. The number of fused-ring (bicyclic) bond motifs is 1. The minimum absolute atomic E-state index is 0.0914. The van der Waals surface area contributed by atoms with Gasteiger partial charge in [-0.05, 0) is 62.1 Å². The van der Waals surface area contributed by atoms with Crippen LogP contribution in [0.15, 0.2) is 24.3 Å². The van der Waals surface area contributed by atoms with Gasteiger partial charge in [0.05, 0.1) is 12.6 Å². The predicted octanol–water partition coefficient (Wildman–Crippen LogP) is 2.59. The van der Waals surface area contributed by atoms with Gasteiger partial charge in [0.15, 0.2) is 0 Å². The van der Waals surface area contributed by atoms with E-state index >= 15 is 0 Å². The van der Waals surface area contributed by atoms with Crippen molar-refractivity contribution < 1.29 is 9.53 Å². The number of hydrogen-bond donors (Lipinski definition) is 2. The summed E-state index contributed by atoms with van der Waals surface area (Å²) in [5.41, 5.74) is 2.78. The molecule has 1 atom stereocenters. The summed E-state index contributed by atoms with van der Waals surface area (Å²) in [5.74, 6) is 0.906. The molecule has 1 aromatic rings. The van der Waals surface area contributed by atoms with Crippen LogP contribution in [0.4, 0.5) is 0 Å². The highest BCUT2D eigenvalue weighted by atomic mass is 16.5. The maximum atomic E-state index is 11.7. The van der Waals surface area contributed by atoms with Gasteiger partial charge >= 0.3 is 0 Å². The van der Waals surface area contributed by atoms with Crippen LogP contribution in [0.1, 0.15) is 49.3 Å². The number of nitrogens with one attached hydrogen (secondary N) is 2. The Morgan fingerprint density at radius 1 is 1.22 bits per heavy atom. The molecule has 1 fully saturated rings. The fraction of sp³-hybridized carbons (Fsp3) is 0.632. The lowest BCUT2D eigenvalue weighted by atomic mass is 9.89. The second-order valence-corrected chi connectivity index (χ2v) is 6.73. The number of amides is 1. The number of carbonyl (C=O) groups excluding carboxylic acids is 1. The Labute approximate surface area is 139 Å². The fourth-order valence-corrected chi connectivity index (χ4v) is 3.18. The molecule has 1 unspecified atom stereocenters. The van der Waals surface area contributed by atoms with E-state index in [1.165, 1.54) is 36.8 Å². The third-order valence-corrected chi connectivity index (χ3v) is 4.69. The van der Waals surface area contributed by atoms with Gasteiger partial charge in [-0.2, -0.15) is 0 Å². The Bertz CT molecular complexity index is 514. The lowest BCUT2D eigenvalue weighted by Gasteiger charge is -2.25. The van der Waals surface area contributed by atoms with Crippen LogP contribution in [0.25, 0.3) is 0 Å². The highest BCUT2D eigenvalue weighted by molar-refractivity contribution is 5.77. The van der Waals surface area contributed by atoms with Crippen LogP contribution < -0.4 is 10.6 Å². The van der Waals surface area contributed by atoms with Gasteiger partial charge in [0.1, 0.15) is 0 Å². The summed E-state index contributed by atoms with van der Waals surface area (Å²) < 4.78 is 6.05. The predicted molar refractivity (Wildman–Crippen MR) is 91.3 cm³/mol. The first-order chi connectivity index (χ1) is 11.3. The van der Waals surface area contributed by atoms with Gasteiger partial charge in [-0.25, -0.2) is 0 Å². The Hall–Kier alpha value is -1.39. The monoisotopic (exact) mass is 316 g/mol. The summed E-state index contributed by atoms with van der Waals surface area (Å²) in [6.07, 6.45) is 7.20. The quantitative estimate of drug-likeness (QED) is 0.689. The van der Waals surface area contributed by atoms with Crippen LogP contribution in [0, 0.1) is 5.92 Å². The largest absolute Gasteiger partial charge is 0.373 e. The minimum Gasteiger partial charge on any atom is -0.373 e. The zero-order valence-electron chi connectivity index (χ0n) is 13.9. The minimum atomic E-state index is 0.0914. The Morgan fingerprint density at radius 2 is 2.09 bits per heavy atom. The second-order valence-electron chi connectivity index (χ2n) is 6.73. The Balaban J connectivity index is 1.27. The number of carbonyl (C=O) groups is 1. The van der Waals surface area contributed by atoms with Crippen LogP contribution in [0.2, 0.25) is 0 Å². The molecule has 2 aliphatic carbocycles. The second kappa shape index (κ2) is 8.46. The van der Waals surface area contributed by atoms with E-state index in [1.807, 2.05) is 0 Å². The maximum Gasteiger partial charge on any atom is 0.233 e. The molecule has 1 amide bonds. The summed E-state index contributed by atoms with van der Waals surface area (Å²) in [6.45, 7) is 2.82. The van der Waals surface area contributed by atoms with E-state index in [-0.39, 0.29) is 12.0 Å². The van der Waals surface area contributed by atoms with Crippen molar-refractivity contribution in [3.63, 3.8) is 0 Å². The van der Waals surface area contributed by atoms with E-state index in [1.54, 1.807) is 0 Å². The average Bonchev–Trinajstić information content (AvgIpc) is 3.39. The smallest absolute Gasteiger partial charge is 0.233 e. The molecule has 1 saturated carbocycles. The molecule has 1 aromatic carbocycles. The lowest BCUT2D eigenvalue weighted by molar-refractivity contribution is -0.120. The molecule has 0 aliphatic heterocycles. The normalized spacial score (nSPS) is 20.1. The molecule has 2 N–H and O–H groups in total. The molecule has 0 aromatic heterocycles. The van der Waals surface area contributed by atoms with Crippen molar-refractivity contribution in [1.82, 2.24) is 10.6 Å². The average molecular weight is 316 g/mol. The highest BCUT2D eigenvalue weighted by Gasteiger charge is 2.21. The van der Waals surface area contributed by atoms with E-state index < -0.39 is 0 Å². The summed E-state index contributed by atoms with van der Waals surface area (Å²) >= 11 is 0. The number of ether oxygens (including phenoxy) is 1. The van der Waals surface area contributed by atoms with E-state index in [9.17, 15) is 4.79 Å². The SMILES string of the molecule is O=C(CNCC1CC1)NCCCOC1CCCc2ccccc21. The number of benzene rings is 1. The number of rotatable bonds is 9. The number of hydrogen-bond acceptors (Lipinski definition) is 3. The molecule has 23 heavy (non-hydrogen) atoms. The van der Waals surface area contributed by atoms with E-state index in [2.05, 4.69) is 34.9 Å². The summed E-state index contributed by atoms with van der Waals surface area (Å²) in [7, 11) is 0. The van der Waals surface area contributed by atoms with Crippen LogP contribution in [-0.2, 0) is 16.0 Å². The molecular weight excluding hydrogens is 288 g/mol. The Morgan fingerprint density at radius 3 is 2.96 bits per heavy atom. The first-order valence-electron chi connectivity index (χ1n) is 9.00. The van der Waals surface area contributed by atoms with Crippen LogP contribution >= 0.6 is 0 Å². The Kier molecular flexibility index (Phi) is 6.06. The van der Waals surface area contributed by atoms with Gasteiger partial charge in [-0.15, -0.1) is 0 Å². The van der Waals surface area contributed by atoms with Crippen molar-refractivity contribution in [2.45, 2.75) is 44.6 Å². The molecule has 4 nitrogen and oxygen atoms in total. The van der Waals surface area contributed by atoms with Crippen molar-refractivity contribution in [2.24, 2.45) is 5.92 Å². The van der Waals surface area contributed by atoms with Gasteiger partial charge in [0.25, 0.3) is 0 Å². The van der Waals surface area contributed by atoms with Crippen molar-refractivity contribution in [3.8, 4) is 0 Å².